The number of imidazole rings is 1. The molecular weight excluding hydrogens is 264 g/mol. The van der Waals surface area contributed by atoms with Gasteiger partial charge in [-0.15, -0.1) is 5.10 Å². The van der Waals surface area contributed by atoms with Crippen LogP contribution in [0.3, 0.4) is 0 Å². The van der Waals surface area contributed by atoms with Crippen LogP contribution >= 0.6 is 0 Å². The molecule has 7 heteroatoms. The van der Waals surface area contributed by atoms with Crippen molar-refractivity contribution in [2.45, 2.75) is 45.7 Å². The smallest absolute Gasteiger partial charge is 0.252 e. The highest BCUT2D eigenvalue weighted by molar-refractivity contribution is 5.03. The maximum atomic E-state index is 13.5. The third-order valence-corrected chi connectivity index (χ3v) is 4.09. The van der Waals surface area contributed by atoms with Crippen molar-refractivity contribution in [2.75, 3.05) is 0 Å². The number of alkyl halides is 2. The summed E-state index contributed by atoms with van der Waals surface area (Å²) in [6.45, 7) is 3.68. The molecular formula is C13H17F2N5. The molecule has 1 aliphatic carbocycles. The van der Waals surface area contributed by atoms with Gasteiger partial charge in [0.2, 0.25) is 0 Å². The van der Waals surface area contributed by atoms with Crippen molar-refractivity contribution in [2.24, 2.45) is 5.41 Å². The molecule has 2 heterocycles. The Labute approximate surface area is 115 Å². The van der Waals surface area contributed by atoms with Crippen molar-refractivity contribution in [3.8, 4) is 0 Å². The average Bonchev–Trinajstić information content (AvgIpc) is 2.85. The first kappa shape index (κ1) is 13.2. The molecule has 0 spiro atoms. The van der Waals surface area contributed by atoms with Crippen LogP contribution in [0.4, 0.5) is 8.78 Å². The summed E-state index contributed by atoms with van der Waals surface area (Å²) in [6.07, 6.45) is 6.41. The third kappa shape index (κ3) is 2.32. The van der Waals surface area contributed by atoms with Gasteiger partial charge in [-0.2, -0.15) is 0 Å². The summed E-state index contributed by atoms with van der Waals surface area (Å²) < 4.78 is 30.6. The van der Waals surface area contributed by atoms with Crippen LogP contribution in [0.25, 0.3) is 0 Å². The lowest BCUT2D eigenvalue weighted by atomic mass is 10.00. The van der Waals surface area contributed by atoms with E-state index in [1.165, 1.54) is 4.68 Å². The zero-order valence-corrected chi connectivity index (χ0v) is 11.6. The molecule has 1 aliphatic rings. The number of aryl methyl sites for hydroxylation is 1. The first-order valence-electron chi connectivity index (χ1n) is 6.64. The van der Waals surface area contributed by atoms with E-state index in [2.05, 4.69) is 15.3 Å². The first-order chi connectivity index (χ1) is 9.40. The van der Waals surface area contributed by atoms with Crippen molar-refractivity contribution >= 4 is 0 Å². The number of nitrogens with zero attached hydrogens (tertiary/aromatic N) is 5. The van der Waals surface area contributed by atoms with Crippen LogP contribution in [-0.2, 0) is 13.1 Å². The molecule has 0 atom stereocenters. The van der Waals surface area contributed by atoms with E-state index >= 15 is 0 Å². The zero-order chi connectivity index (χ0) is 14.4. The second-order valence-corrected chi connectivity index (χ2v) is 5.68. The monoisotopic (exact) mass is 281 g/mol. The molecule has 5 nitrogen and oxygen atoms in total. The molecule has 1 fully saturated rings. The summed E-state index contributed by atoms with van der Waals surface area (Å²) >= 11 is 0. The van der Waals surface area contributed by atoms with Crippen LogP contribution in [0.15, 0.2) is 18.6 Å². The minimum atomic E-state index is -2.67. The highest BCUT2D eigenvalue weighted by Crippen LogP contribution is 2.57. The molecule has 1 saturated carbocycles. The fourth-order valence-corrected chi connectivity index (χ4v) is 2.43. The van der Waals surface area contributed by atoms with Gasteiger partial charge in [0.25, 0.3) is 5.92 Å². The summed E-state index contributed by atoms with van der Waals surface area (Å²) in [5, 5.41) is 8.01. The minimum Gasteiger partial charge on any atom is -0.329 e. The Kier molecular flexibility index (Phi) is 2.88. The number of halogens is 2. The van der Waals surface area contributed by atoms with E-state index < -0.39 is 11.3 Å². The van der Waals surface area contributed by atoms with Gasteiger partial charge in [0.15, 0.2) is 0 Å². The van der Waals surface area contributed by atoms with Gasteiger partial charge in [-0.05, 0) is 26.7 Å². The van der Waals surface area contributed by atoms with Gasteiger partial charge in [0.1, 0.15) is 11.5 Å². The van der Waals surface area contributed by atoms with Crippen molar-refractivity contribution in [3.63, 3.8) is 0 Å². The van der Waals surface area contributed by atoms with E-state index in [-0.39, 0.29) is 6.54 Å². The summed E-state index contributed by atoms with van der Waals surface area (Å²) in [5.41, 5.74) is -0.176. The Morgan fingerprint density at radius 2 is 2.15 bits per heavy atom. The van der Waals surface area contributed by atoms with E-state index in [1.54, 1.807) is 12.4 Å². The van der Waals surface area contributed by atoms with Crippen LogP contribution in [0.5, 0.6) is 0 Å². The van der Waals surface area contributed by atoms with Crippen molar-refractivity contribution in [1.29, 1.82) is 0 Å². The maximum absolute atomic E-state index is 13.5. The molecule has 0 N–H and O–H groups in total. The molecule has 0 aromatic carbocycles. The number of rotatable bonds is 5. The Bertz CT molecular complexity index is 606. The normalized spacial score (nSPS) is 17.4. The molecule has 2 aromatic rings. The van der Waals surface area contributed by atoms with Gasteiger partial charge < -0.3 is 4.57 Å². The van der Waals surface area contributed by atoms with Crippen molar-refractivity contribution in [1.82, 2.24) is 24.5 Å². The lowest BCUT2D eigenvalue weighted by Crippen LogP contribution is -2.30. The highest BCUT2D eigenvalue weighted by Gasteiger charge is 2.59. The number of hydrogen-bond donors (Lipinski definition) is 0. The van der Waals surface area contributed by atoms with Crippen molar-refractivity contribution in [3.05, 3.63) is 30.1 Å². The second kappa shape index (κ2) is 4.36. The Morgan fingerprint density at radius 3 is 2.70 bits per heavy atom. The molecule has 2 aromatic heterocycles. The fraction of sp³-hybridized carbons (Fsp3) is 0.615. The van der Waals surface area contributed by atoms with E-state index in [0.29, 0.717) is 19.4 Å². The molecule has 20 heavy (non-hydrogen) atoms. The van der Waals surface area contributed by atoms with E-state index in [4.69, 9.17) is 0 Å². The Morgan fingerprint density at radius 1 is 1.40 bits per heavy atom. The summed E-state index contributed by atoms with van der Waals surface area (Å²) in [4.78, 5) is 4.13. The van der Waals surface area contributed by atoms with Crippen LogP contribution < -0.4 is 0 Å². The molecule has 108 valence electrons. The molecule has 0 bridgehead atoms. The quantitative estimate of drug-likeness (QED) is 0.844. The fourth-order valence-electron chi connectivity index (χ4n) is 2.43. The predicted molar refractivity (Wildman–Crippen MR) is 68.4 cm³/mol. The average molecular weight is 281 g/mol. The molecule has 0 radical (unpaired) electrons. The lowest BCUT2D eigenvalue weighted by Gasteiger charge is -2.22. The number of aromatic nitrogens is 5. The Hall–Kier alpha value is -1.79. The predicted octanol–water partition coefficient (Wildman–Crippen LogP) is 2.27. The summed E-state index contributed by atoms with van der Waals surface area (Å²) in [7, 11) is 0. The Balaban J connectivity index is 1.70. The summed E-state index contributed by atoms with van der Waals surface area (Å²) in [6, 6.07) is 0. The standard InChI is InChI=1S/C13H17F2N5/c1-10-16-5-6-19(10)7-11-8-20(18-17-11)9-13(3-4-13)12(2,14)15/h5-6,8H,3-4,7,9H2,1-2H3. The highest BCUT2D eigenvalue weighted by atomic mass is 19.3. The van der Waals surface area contributed by atoms with Gasteiger partial charge in [0, 0.05) is 12.4 Å². The van der Waals surface area contributed by atoms with Gasteiger partial charge >= 0.3 is 0 Å². The number of hydrogen-bond acceptors (Lipinski definition) is 3. The lowest BCUT2D eigenvalue weighted by molar-refractivity contribution is -0.0627. The van der Waals surface area contributed by atoms with Gasteiger partial charge in [-0.25, -0.2) is 13.8 Å². The van der Waals surface area contributed by atoms with Gasteiger partial charge in [-0.1, -0.05) is 5.21 Å². The van der Waals surface area contributed by atoms with Crippen LogP contribution in [0.1, 0.15) is 31.3 Å². The SMILES string of the molecule is Cc1nccn1Cc1cn(CC2(C(C)(F)F)CC2)nn1. The van der Waals surface area contributed by atoms with Crippen LogP contribution in [0.2, 0.25) is 0 Å². The van der Waals surface area contributed by atoms with Gasteiger partial charge in [0.05, 0.1) is 24.7 Å². The first-order valence-corrected chi connectivity index (χ1v) is 6.64. The molecule has 0 aliphatic heterocycles. The van der Waals surface area contributed by atoms with E-state index in [0.717, 1.165) is 18.4 Å². The second-order valence-electron chi connectivity index (χ2n) is 5.68. The zero-order valence-electron chi connectivity index (χ0n) is 11.6. The molecule has 3 rings (SSSR count). The molecule has 0 saturated heterocycles. The third-order valence-electron chi connectivity index (χ3n) is 4.09. The summed E-state index contributed by atoms with van der Waals surface area (Å²) in [5.74, 6) is -1.78. The van der Waals surface area contributed by atoms with E-state index in [9.17, 15) is 8.78 Å². The topological polar surface area (TPSA) is 48.5 Å². The molecule has 0 amide bonds. The molecule has 0 unspecified atom stereocenters. The minimum absolute atomic E-state index is 0.229. The van der Waals surface area contributed by atoms with Gasteiger partial charge in [-0.3, -0.25) is 4.68 Å². The van der Waals surface area contributed by atoms with Crippen LogP contribution in [-0.4, -0.2) is 30.5 Å². The maximum Gasteiger partial charge on any atom is 0.252 e. The van der Waals surface area contributed by atoms with Crippen LogP contribution in [0, 0.1) is 12.3 Å². The van der Waals surface area contributed by atoms with E-state index in [1.807, 2.05) is 17.7 Å². The van der Waals surface area contributed by atoms with Crippen molar-refractivity contribution < 1.29 is 8.78 Å². The largest absolute Gasteiger partial charge is 0.329 e.